The summed E-state index contributed by atoms with van der Waals surface area (Å²) in [5.74, 6) is 0. The smallest absolute Gasteiger partial charge is 0.0487 e. The maximum absolute atomic E-state index is 2.44. The van der Waals surface area contributed by atoms with Crippen molar-refractivity contribution in [1.29, 1.82) is 0 Å². The van der Waals surface area contributed by atoms with Gasteiger partial charge in [0.1, 0.15) is 0 Å². The van der Waals surface area contributed by atoms with Gasteiger partial charge in [-0.3, -0.25) is 0 Å². The van der Waals surface area contributed by atoms with E-state index in [1.54, 1.807) is 0 Å². The van der Waals surface area contributed by atoms with E-state index in [9.17, 15) is 0 Å². The molecule has 246 valence electrons. The van der Waals surface area contributed by atoms with E-state index in [4.69, 9.17) is 0 Å². The molecule has 51 heavy (non-hydrogen) atoms. The third kappa shape index (κ3) is 6.31. The molecule has 7 aromatic carbocycles. The first-order valence-corrected chi connectivity index (χ1v) is 18.5. The van der Waals surface area contributed by atoms with Gasteiger partial charge in [-0.05, 0) is 69.7 Å². The van der Waals surface area contributed by atoms with Gasteiger partial charge in [0.15, 0.2) is 0 Å². The van der Waals surface area contributed by atoms with Crippen LogP contribution in [0.2, 0.25) is 0 Å². The zero-order chi connectivity index (χ0) is 34.6. The van der Waals surface area contributed by atoms with Crippen LogP contribution in [0.4, 0.5) is 11.4 Å². The largest absolute Gasteiger partial charge is 0.344 e. The Morgan fingerprint density at radius 3 is 1.76 bits per heavy atom. The molecule has 0 N–H and O–H groups in total. The lowest BCUT2D eigenvalue weighted by Crippen LogP contribution is -2.11. The molecule has 0 fully saturated rings. The van der Waals surface area contributed by atoms with E-state index in [2.05, 4.69) is 207 Å². The molecule has 8 rings (SSSR count). The highest BCUT2D eigenvalue weighted by Crippen LogP contribution is 2.49. The lowest BCUT2D eigenvalue weighted by molar-refractivity contribution is 1.21. The van der Waals surface area contributed by atoms with Crippen LogP contribution in [0.25, 0.3) is 48.0 Å². The number of allylic oxidation sites excluding steroid dienone is 3. The monoisotopic (exact) mass is 673 g/mol. The van der Waals surface area contributed by atoms with Gasteiger partial charge < -0.3 is 4.90 Å². The summed E-state index contributed by atoms with van der Waals surface area (Å²) >= 11 is 1.89. The van der Waals surface area contributed by atoms with Crippen molar-refractivity contribution in [2.24, 2.45) is 0 Å². The summed E-state index contributed by atoms with van der Waals surface area (Å²) in [5, 5.41) is 2.56. The molecule has 0 radical (unpaired) electrons. The zero-order valence-corrected chi connectivity index (χ0v) is 29.8. The minimum Gasteiger partial charge on any atom is -0.344 e. The molecule has 0 saturated heterocycles. The number of rotatable bonds is 9. The number of anilines is 2. The number of thiophene rings is 1. The van der Waals surface area contributed by atoms with Crippen LogP contribution in [0.1, 0.15) is 35.6 Å². The van der Waals surface area contributed by atoms with Crippen molar-refractivity contribution >= 4 is 59.6 Å². The summed E-state index contributed by atoms with van der Waals surface area (Å²) in [5.41, 5.74) is 13.3. The molecule has 0 bridgehead atoms. The van der Waals surface area contributed by atoms with E-state index in [0.29, 0.717) is 0 Å². The average Bonchev–Trinajstić information content (AvgIpc) is 3.59. The maximum Gasteiger partial charge on any atom is 0.0487 e. The highest BCUT2D eigenvalue weighted by molar-refractivity contribution is 7.26. The minimum atomic E-state index is 0.907. The quantitative estimate of drug-likeness (QED) is 0.109. The van der Waals surface area contributed by atoms with Crippen LogP contribution in [0.15, 0.2) is 188 Å². The normalized spacial score (nSPS) is 11.5. The van der Waals surface area contributed by atoms with E-state index in [1.807, 2.05) is 11.3 Å². The molecule has 8 aromatic rings. The lowest BCUT2D eigenvalue weighted by atomic mass is 9.82. The standard InChI is InChI=1S/C49H39NS/c1-3-20-41(36-23-10-5-11-24-36)48(47(37-25-12-6-13-26-37)38-27-14-7-15-28-38)44-34-39(33-43-42-30-17-19-32-46(42)51-49(43)44)50(2)45-31-18-16-29-40(45)35-21-8-4-9-22-35/h4-34H,3H2,1-2H3/b41-20-. The van der Waals surface area contributed by atoms with Crippen LogP contribution >= 0.6 is 11.3 Å². The fraction of sp³-hybridized carbons (Fsp3) is 0.0612. The highest BCUT2D eigenvalue weighted by Gasteiger charge is 2.24. The highest BCUT2D eigenvalue weighted by atomic mass is 32.1. The second-order valence-electron chi connectivity index (χ2n) is 12.8. The van der Waals surface area contributed by atoms with E-state index < -0.39 is 0 Å². The first-order chi connectivity index (χ1) is 25.2. The third-order valence-electron chi connectivity index (χ3n) is 9.61. The van der Waals surface area contributed by atoms with Crippen molar-refractivity contribution in [3.8, 4) is 11.1 Å². The summed E-state index contributed by atoms with van der Waals surface area (Å²) < 4.78 is 2.58. The van der Waals surface area contributed by atoms with E-state index >= 15 is 0 Å². The summed E-state index contributed by atoms with van der Waals surface area (Å²) in [6, 6.07) is 65.9. The van der Waals surface area contributed by atoms with Crippen LogP contribution in [-0.4, -0.2) is 7.05 Å². The molecule has 1 aromatic heterocycles. The van der Waals surface area contributed by atoms with Crippen LogP contribution < -0.4 is 4.90 Å². The lowest BCUT2D eigenvalue weighted by Gasteiger charge is -2.26. The van der Waals surface area contributed by atoms with E-state index in [0.717, 1.165) is 17.8 Å². The zero-order valence-electron chi connectivity index (χ0n) is 29.0. The Morgan fingerprint density at radius 2 is 1.12 bits per heavy atom. The molecular formula is C49H39NS. The fourth-order valence-electron chi connectivity index (χ4n) is 7.22. The number of hydrogen-bond acceptors (Lipinski definition) is 2. The number of hydrogen-bond donors (Lipinski definition) is 0. The van der Waals surface area contributed by atoms with Gasteiger partial charge in [0, 0.05) is 49.7 Å². The SMILES string of the molecule is CC/C=C(\C(=C(c1ccccc1)c1ccccc1)c1cc(N(C)c2ccccc2-c2ccccc2)cc2c1sc1ccccc12)c1ccccc1. The van der Waals surface area contributed by atoms with Gasteiger partial charge in [-0.2, -0.15) is 0 Å². The second-order valence-corrected chi connectivity index (χ2v) is 13.8. The van der Waals surface area contributed by atoms with Gasteiger partial charge >= 0.3 is 0 Å². The summed E-state index contributed by atoms with van der Waals surface area (Å²) in [6.07, 6.45) is 3.32. The Kier molecular flexibility index (Phi) is 9.16. The Bertz CT molecular complexity index is 2450. The summed E-state index contributed by atoms with van der Waals surface area (Å²) in [7, 11) is 2.21. The molecule has 0 saturated carbocycles. The molecule has 0 unspecified atom stereocenters. The molecule has 1 heterocycles. The number of fused-ring (bicyclic) bond motifs is 3. The van der Waals surface area contributed by atoms with Crippen molar-refractivity contribution in [2.75, 3.05) is 11.9 Å². The number of benzene rings is 7. The molecule has 0 atom stereocenters. The summed E-state index contributed by atoms with van der Waals surface area (Å²) in [4.78, 5) is 2.37. The van der Waals surface area contributed by atoms with Crippen molar-refractivity contribution in [2.45, 2.75) is 13.3 Å². The van der Waals surface area contributed by atoms with Crippen molar-refractivity contribution in [3.05, 3.63) is 210 Å². The van der Waals surface area contributed by atoms with Gasteiger partial charge in [-0.1, -0.05) is 171 Å². The summed E-state index contributed by atoms with van der Waals surface area (Å²) in [6.45, 7) is 2.24. The molecule has 0 aliphatic rings. The Morgan fingerprint density at radius 1 is 0.569 bits per heavy atom. The van der Waals surface area contributed by atoms with Gasteiger partial charge in [0.05, 0.1) is 0 Å². The predicted octanol–water partition coefficient (Wildman–Crippen LogP) is 13.9. The topological polar surface area (TPSA) is 3.24 Å². The number of nitrogens with zero attached hydrogens (tertiary/aromatic N) is 1. The van der Waals surface area contributed by atoms with Crippen LogP contribution in [-0.2, 0) is 0 Å². The molecule has 1 nitrogen and oxygen atoms in total. The van der Waals surface area contributed by atoms with Crippen LogP contribution in [0.5, 0.6) is 0 Å². The first-order valence-electron chi connectivity index (χ1n) is 17.7. The maximum atomic E-state index is 2.44. The van der Waals surface area contributed by atoms with Crippen molar-refractivity contribution in [1.82, 2.24) is 0 Å². The van der Waals surface area contributed by atoms with Gasteiger partial charge in [0.25, 0.3) is 0 Å². The molecule has 2 heteroatoms. The molecule has 0 spiro atoms. The Labute approximate surface area is 305 Å². The first kappa shape index (κ1) is 32.3. The molecule has 0 aliphatic carbocycles. The van der Waals surface area contributed by atoms with E-state index in [1.165, 1.54) is 70.3 Å². The van der Waals surface area contributed by atoms with Crippen LogP contribution in [0, 0.1) is 0 Å². The second kappa shape index (κ2) is 14.5. The Hall–Kier alpha value is -5.96. The average molecular weight is 674 g/mol. The molecular weight excluding hydrogens is 635 g/mol. The van der Waals surface area contributed by atoms with Gasteiger partial charge in [-0.25, -0.2) is 0 Å². The Balaban J connectivity index is 1.51. The molecule has 0 aliphatic heterocycles. The van der Waals surface area contributed by atoms with Crippen molar-refractivity contribution in [3.63, 3.8) is 0 Å². The van der Waals surface area contributed by atoms with Gasteiger partial charge in [-0.15, -0.1) is 11.3 Å². The van der Waals surface area contributed by atoms with Crippen molar-refractivity contribution < 1.29 is 0 Å². The molecule has 0 amide bonds. The fourth-order valence-corrected chi connectivity index (χ4v) is 8.43. The third-order valence-corrected chi connectivity index (χ3v) is 10.8. The number of para-hydroxylation sites is 1. The van der Waals surface area contributed by atoms with Gasteiger partial charge in [0.2, 0.25) is 0 Å². The predicted molar refractivity (Wildman–Crippen MR) is 223 cm³/mol. The van der Waals surface area contributed by atoms with Crippen LogP contribution in [0.3, 0.4) is 0 Å². The van der Waals surface area contributed by atoms with E-state index in [-0.39, 0.29) is 0 Å². The minimum absolute atomic E-state index is 0.907.